The molecule has 6 heteroatoms. The van der Waals surface area contributed by atoms with Gasteiger partial charge in [-0.3, -0.25) is 4.79 Å². The van der Waals surface area contributed by atoms with Gasteiger partial charge in [-0.1, -0.05) is 52.5 Å². The lowest BCUT2D eigenvalue weighted by atomic mass is 10.0. The summed E-state index contributed by atoms with van der Waals surface area (Å²) in [6.45, 7) is 0. The van der Waals surface area contributed by atoms with Crippen LogP contribution in [0.15, 0.2) is 30.3 Å². The zero-order valence-electron chi connectivity index (χ0n) is 9.96. The van der Waals surface area contributed by atoms with Crippen molar-refractivity contribution in [2.75, 3.05) is 0 Å². The Morgan fingerprint density at radius 2 is 1.55 bits per heavy atom. The number of aliphatic carboxylic acids is 1. The molecule has 0 unspecified atom stereocenters. The predicted molar refractivity (Wildman–Crippen MR) is 83.3 cm³/mol. The Bertz CT molecular complexity index is 683. The van der Waals surface area contributed by atoms with E-state index in [0.29, 0.717) is 36.8 Å². The maximum atomic E-state index is 10.8. The van der Waals surface area contributed by atoms with Crippen molar-refractivity contribution in [3.05, 3.63) is 56.0 Å². The van der Waals surface area contributed by atoms with Crippen molar-refractivity contribution in [3.63, 3.8) is 0 Å². The van der Waals surface area contributed by atoms with E-state index in [1.165, 1.54) is 0 Å². The number of carbonyl (C=O) groups is 1. The van der Waals surface area contributed by atoms with Gasteiger partial charge in [0.15, 0.2) is 0 Å². The normalized spacial score (nSPS) is 10.6. The summed E-state index contributed by atoms with van der Waals surface area (Å²) in [4.78, 5) is 10.8. The van der Waals surface area contributed by atoms with Crippen LogP contribution >= 0.6 is 46.4 Å². The Labute approximate surface area is 135 Å². The number of hydrogen-bond donors (Lipinski definition) is 1. The molecule has 0 aliphatic rings. The Kier molecular flexibility index (Phi) is 4.82. The summed E-state index contributed by atoms with van der Waals surface area (Å²) >= 11 is 24.3. The molecule has 0 bridgehead atoms. The second kappa shape index (κ2) is 6.23. The molecule has 1 N–H and O–H groups in total. The lowest BCUT2D eigenvalue weighted by Gasteiger charge is -2.11. The molecular formula is C14H8Cl4O2. The Morgan fingerprint density at radius 1 is 0.950 bits per heavy atom. The molecular weight excluding hydrogens is 342 g/mol. The summed E-state index contributed by atoms with van der Waals surface area (Å²) in [5.74, 6) is -0.965. The summed E-state index contributed by atoms with van der Waals surface area (Å²) in [5.41, 5.74) is 1.72. The fourth-order valence-electron chi connectivity index (χ4n) is 1.82. The molecule has 2 aromatic carbocycles. The second-order valence-corrected chi connectivity index (χ2v) is 5.69. The number of hydrogen-bond acceptors (Lipinski definition) is 1. The molecule has 0 aliphatic carbocycles. The summed E-state index contributed by atoms with van der Waals surface area (Å²) < 4.78 is 0. The van der Waals surface area contributed by atoms with E-state index in [2.05, 4.69) is 0 Å². The van der Waals surface area contributed by atoms with Gasteiger partial charge in [0.1, 0.15) is 0 Å². The Morgan fingerprint density at radius 3 is 2.20 bits per heavy atom. The topological polar surface area (TPSA) is 37.3 Å². The van der Waals surface area contributed by atoms with Crippen molar-refractivity contribution < 1.29 is 9.90 Å². The van der Waals surface area contributed by atoms with Crippen LogP contribution in [-0.2, 0) is 11.2 Å². The molecule has 0 atom stereocenters. The number of carboxylic acids is 1. The van der Waals surface area contributed by atoms with Crippen molar-refractivity contribution >= 4 is 52.4 Å². The highest BCUT2D eigenvalue weighted by atomic mass is 35.5. The van der Waals surface area contributed by atoms with E-state index < -0.39 is 5.97 Å². The number of rotatable bonds is 3. The van der Waals surface area contributed by atoms with Gasteiger partial charge >= 0.3 is 5.97 Å². The average molecular weight is 350 g/mol. The summed E-state index contributed by atoms with van der Waals surface area (Å²) in [6, 6.07) is 8.22. The van der Waals surface area contributed by atoms with Crippen LogP contribution in [0.1, 0.15) is 5.56 Å². The van der Waals surface area contributed by atoms with Gasteiger partial charge in [-0.15, -0.1) is 0 Å². The van der Waals surface area contributed by atoms with Crippen LogP contribution in [0.5, 0.6) is 0 Å². The molecule has 2 aromatic rings. The van der Waals surface area contributed by atoms with Gasteiger partial charge in [-0.25, -0.2) is 0 Å². The second-order valence-electron chi connectivity index (χ2n) is 4.09. The molecule has 0 saturated heterocycles. The van der Waals surface area contributed by atoms with Crippen LogP contribution in [0.4, 0.5) is 0 Å². The monoisotopic (exact) mass is 348 g/mol. The SMILES string of the molecule is O=C(O)Cc1cc(-c2c(Cl)ccc(Cl)c2Cl)ccc1Cl. The first-order valence-corrected chi connectivity index (χ1v) is 7.05. The third-order valence-electron chi connectivity index (χ3n) is 2.72. The van der Waals surface area contributed by atoms with Crippen molar-refractivity contribution in [2.45, 2.75) is 6.42 Å². The lowest BCUT2D eigenvalue weighted by Crippen LogP contribution is -2.01. The molecule has 0 aliphatic heterocycles. The van der Waals surface area contributed by atoms with E-state index in [0.717, 1.165) is 0 Å². The summed E-state index contributed by atoms with van der Waals surface area (Å²) in [5, 5.41) is 10.4. The highest BCUT2D eigenvalue weighted by molar-refractivity contribution is 6.46. The number of halogens is 4. The fourth-order valence-corrected chi connectivity index (χ4v) is 2.75. The highest BCUT2D eigenvalue weighted by Gasteiger charge is 2.14. The van der Waals surface area contributed by atoms with Gasteiger partial charge in [0.2, 0.25) is 0 Å². The van der Waals surface area contributed by atoms with Gasteiger partial charge in [-0.05, 0) is 35.4 Å². The van der Waals surface area contributed by atoms with Crippen LogP contribution in [-0.4, -0.2) is 11.1 Å². The molecule has 20 heavy (non-hydrogen) atoms. The van der Waals surface area contributed by atoms with E-state index in [-0.39, 0.29) is 6.42 Å². The minimum atomic E-state index is -0.965. The third kappa shape index (κ3) is 3.21. The Hall–Kier alpha value is -0.930. The first-order valence-electron chi connectivity index (χ1n) is 5.54. The smallest absolute Gasteiger partial charge is 0.307 e. The molecule has 104 valence electrons. The summed E-state index contributed by atoms with van der Waals surface area (Å²) in [6.07, 6.45) is -0.178. The molecule has 0 radical (unpaired) electrons. The highest BCUT2D eigenvalue weighted by Crippen LogP contribution is 2.40. The van der Waals surface area contributed by atoms with Crippen LogP contribution in [0, 0.1) is 0 Å². The molecule has 0 fully saturated rings. The molecule has 2 rings (SSSR count). The van der Waals surface area contributed by atoms with Crippen LogP contribution < -0.4 is 0 Å². The predicted octanol–water partition coefficient (Wildman–Crippen LogP) is 5.59. The molecule has 0 amide bonds. The van der Waals surface area contributed by atoms with Crippen molar-refractivity contribution in [3.8, 4) is 11.1 Å². The van der Waals surface area contributed by atoms with Gasteiger partial charge < -0.3 is 5.11 Å². The van der Waals surface area contributed by atoms with Crippen LogP contribution in [0.3, 0.4) is 0 Å². The number of benzene rings is 2. The summed E-state index contributed by atoms with van der Waals surface area (Å²) in [7, 11) is 0. The van der Waals surface area contributed by atoms with E-state index in [9.17, 15) is 4.79 Å². The maximum absolute atomic E-state index is 10.8. The van der Waals surface area contributed by atoms with Crippen LogP contribution in [0.2, 0.25) is 20.1 Å². The van der Waals surface area contributed by atoms with Gasteiger partial charge in [-0.2, -0.15) is 0 Å². The zero-order valence-corrected chi connectivity index (χ0v) is 13.0. The van der Waals surface area contributed by atoms with E-state index in [4.69, 9.17) is 51.5 Å². The molecule has 0 spiro atoms. The lowest BCUT2D eigenvalue weighted by molar-refractivity contribution is -0.136. The minimum absolute atomic E-state index is 0.178. The quantitative estimate of drug-likeness (QED) is 0.733. The molecule has 2 nitrogen and oxygen atoms in total. The minimum Gasteiger partial charge on any atom is -0.481 e. The van der Waals surface area contributed by atoms with E-state index in [1.807, 2.05) is 0 Å². The first-order chi connectivity index (χ1) is 9.40. The van der Waals surface area contributed by atoms with Gasteiger partial charge in [0, 0.05) is 15.6 Å². The van der Waals surface area contributed by atoms with Crippen LogP contribution in [0.25, 0.3) is 11.1 Å². The average Bonchev–Trinajstić information content (AvgIpc) is 2.37. The van der Waals surface area contributed by atoms with E-state index >= 15 is 0 Å². The Balaban J connectivity index is 2.59. The first kappa shape index (κ1) is 15.5. The van der Waals surface area contributed by atoms with Gasteiger partial charge in [0.25, 0.3) is 0 Å². The van der Waals surface area contributed by atoms with Crippen molar-refractivity contribution in [1.82, 2.24) is 0 Å². The zero-order chi connectivity index (χ0) is 14.9. The fraction of sp³-hybridized carbons (Fsp3) is 0.0714. The van der Waals surface area contributed by atoms with E-state index in [1.54, 1.807) is 30.3 Å². The molecule has 0 aromatic heterocycles. The number of carboxylic acid groups (broad SMARTS) is 1. The van der Waals surface area contributed by atoms with Crippen molar-refractivity contribution in [2.24, 2.45) is 0 Å². The van der Waals surface area contributed by atoms with Crippen molar-refractivity contribution in [1.29, 1.82) is 0 Å². The van der Waals surface area contributed by atoms with Gasteiger partial charge in [0.05, 0.1) is 16.5 Å². The largest absolute Gasteiger partial charge is 0.481 e. The maximum Gasteiger partial charge on any atom is 0.307 e. The molecule has 0 heterocycles. The standard InChI is InChI=1S/C14H8Cl4O2/c15-9-2-1-7(5-8(9)6-12(19)20)13-10(16)3-4-11(17)14(13)18/h1-5H,6H2,(H,19,20). The third-order valence-corrected chi connectivity index (χ3v) is 4.21. The molecule has 0 saturated carbocycles.